The number of nitrogens with zero attached hydrogens (tertiary/aromatic N) is 2. The molecule has 0 radical (unpaired) electrons. The molecule has 2 atom stereocenters. The predicted molar refractivity (Wildman–Crippen MR) is 114 cm³/mol. The molecule has 3 aliphatic rings. The van der Waals surface area contributed by atoms with Crippen LogP contribution in [0, 0.1) is 5.82 Å². The monoisotopic (exact) mass is 408 g/mol. The van der Waals surface area contributed by atoms with Gasteiger partial charge < -0.3 is 15.0 Å². The number of carbonyl (C=O) groups excluding carboxylic acids is 1. The third kappa shape index (κ3) is 3.23. The summed E-state index contributed by atoms with van der Waals surface area (Å²) in [4.78, 5) is 14.2. The number of hydrogen-bond acceptors (Lipinski definition) is 5. The van der Waals surface area contributed by atoms with Crippen LogP contribution in [-0.4, -0.2) is 37.5 Å². The Morgan fingerprint density at radius 1 is 1.17 bits per heavy atom. The van der Waals surface area contributed by atoms with Gasteiger partial charge in [0.25, 0.3) is 5.91 Å². The van der Waals surface area contributed by atoms with Crippen LogP contribution in [0.2, 0.25) is 0 Å². The molecule has 0 spiro atoms. The van der Waals surface area contributed by atoms with Crippen molar-refractivity contribution in [3.8, 4) is 16.9 Å². The summed E-state index contributed by atoms with van der Waals surface area (Å²) in [7, 11) is 0. The maximum atomic E-state index is 14.8. The average molecular weight is 408 g/mol. The number of hydrazone groups is 1. The highest BCUT2D eigenvalue weighted by atomic mass is 19.1. The van der Waals surface area contributed by atoms with E-state index in [4.69, 9.17) is 4.74 Å². The molecule has 7 heteroatoms. The van der Waals surface area contributed by atoms with E-state index in [0.717, 1.165) is 49.2 Å². The van der Waals surface area contributed by atoms with E-state index in [2.05, 4.69) is 21.9 Å². The molecule has 0 bridgehead atoms. The van der Waals surface area contributed by atoms with Crippen molar-refractivity contribution in [2.24, 2.45) is 5.10 Å². The predicted octanol–water partition coefficient (Wildman–Crippen LogP) is 3.38. The van der Waals surface area contributed by atoms with E-state index in [1.165, 1.54) is 6.07 Å². The molecule has 5 rings (SSSR count). The third-order valence-electron chi connectivity index (χ3n) is 6.27. The van der Waals surface area contributed by atoms with E-state index >= 15 is 0 Å². The van der Waals surface area contributed by atoms with Gasteiger partial charge in [-0.25, -0.2) is 9.82 Å². The second kappa shape index (κ2) is 7.72. The van der Waals surface area contributed by atoms with Crippen LogP contribution in [0.4, 0.5) is 10.1 Å². The van der Waals surface area contributed by atoms with Crippen molar-refractivity contribution in [3.05, 3.63) is 47.8 Å². The molecule has 1 amide bonds. The van der Waals surface area contributed by atoms with Gasteiger partial charge >= 0.3 is 0 Å². The topological polar surface area (TPSA) is 66.0 Å². The fourth-order valence-corrected chi connectivity index (χ4v) is 4.67. The first-order chi connectivity index (χ1) is 14.6. The fourth-order valence-electron chi connectivity index (χ4n) is 4.67. The first-order valence-corrected chi connectivity index (χ1v) is 10.6. The van der Waals surface area contributed by atoms with E-state index in [1.807, 2.05) is 30.0 Å². The van der Waals surface area contributed by atoms with Crippen molar-refractivity contribution in [2.45, 2.75) is 38.1 Å². The van der Waals surface area contributed by atoms with Gasteiger partial charge in [-0.3, -0.25) is 4.79 Å². The second-order valence-corrected chi connectivity index (χ2v) is 8.10. The summed E-state index contributed by atoms with van der Waals surface area (Å²) >= 11 is 0. The van der Waals surface area contributed by atoms with Crippen LogP contribution < -0.4 is 20.4 Å². The van der Waals surface area contributed by atoms with Crippen LogP contribution in [0.5, 0.6) is 5.75 Å². The highest BCUT2D eigenvalue weighted by Crippen LogP contribution is 2.44. The Labute approximate surface area is 175 Å². The number of amides is 1. The van der Waals surface area contributed by atoms with Crippen molar-refractivity contribution >= 4 is 17.4 Å². The molecular weight excluding hydrogens is 383 g/mol. The second-order valence-electron chi connectivity index (χ2n) is 8.10. The zero-order valence-electron chi connectivity index (χ0n) is 17.0. The minimum absolute atomic E-state index is 0.148. The Bertz CT molecular complexity index is 1010. The molecule has 0 aliphatic carbocycles. The summed E-state index contributed by atoms with van der Waals surface area (Å²) in [5, 5.41) is 7.64. The largest absolute Gasteiger partial charge is 0.483 e. The van der Waals surface area contributed by atoms with Crippen LogP contribution in [0.15, 0.2) is 41.5 Å². The maximum Gasteiger partial charge on any atom is 0.262 e. The maximum absolute atomic E-state index is 14.8. The lowest BCUT2D eigenvalue weighted by Gasteiger charge is -2.39. The Morgan fingerprint density at radius 3 is 2.90 bits per heavy atom. The summed E-state index contributed by atoms with van der Waals surface area (Å²) < 4.78 is 20.8. The summed E-state index contributed by atoms with van der Waals surface area (Å²) in [5.41, 5.74) is 5.95. The van der Waals surface area contributed by atoms with Crippen LogP contribution in [-0.2, 0) is 4.79 Å². The van der Waals surface area contributed by atoms with E-state index in [1.54, 1.807) is 6.07 Å². The zero-order chi connectivity index (χ0) is 20.7. The first kappa shape index (κ1) is 19.1. The Balaban J connectivity index is 1.69. The summed E-state index contributed by atoms with van der Waals surface area (Å²) in [6.45, 7) is 4.06. The number of benzene rings is 2. The lowest BCUT2D eigenvalue weighted by molar-refractivity contribution is -0.122. The molecule has 3 aliphatic heterocycles. The van der Waals surface area contributed by atoms with Gasteiger partial charge in [0, 0.05) is 5.56 Å². The smallest absolute Gasteiger partial charge is 0.262 e. The lowest BCUT2D eigenvalue weighted by Crippen LogP contribution is -2.55. The van der Waals surface area contributed by atoms with E-state index in [9.17, 15) is 9.18 Å². The van der Waals surface area contributed by atoms with E-state index < -0.39 is 0 Å². The number of hydrogen-bond donors (Lipinski definition) is 2. The van der Waals surface area contributed by atoms with Crippen LogP contribution in [0.1, 0.15) is 37.7 Å². The molecule has 0 unspecified atom stereocenters. The molecule has 30 heavy (non-hydrogen) atoms. The number of rotatable bonds is 2. The van der Waals surface area contributed by atoms with Gasteiger partial charge in [-0.1, -0.05) is 18.2 Å². The molecular formula is C23H25FN4O2. The molecule has 156 valence electrons. The van der Waals surface area contributed by atoms with Gasteiger partial charge in [-0.2, -0.15) is 5.10 Å². The van der Waals surface area contributed by atoms with E-state index in [0.29, 0.717) is 23.1 Å². The number of anilines is 1. The number of carbonyl (C=O) groups is 1. The number of halogens is 1. The average Bonchev–Trinajstić information content (AvgIpc) is 3.05. The number of amidine groups is 1. The Kier molecular flexibility index (Phi) is 4.90. The van der Waals surface area contributed by atoms with Gasteiger partial charge in [-0.15, -0.1) is 0 Å². The molecule has 0 aromatic heterocycles. The lowest BCUT2D eigenvalue weighted by atomic mass is 9.85. The van der Waals surface area contributed by atoms with Crippen LogP contribution in [0.25, 0.3) is 11.1 Å². The number of nitrogens with one attached hydrogen (secondary N) is 2. The number of ether oxygens (including phenoxy) is 1. The van der Waals surface area contributed by atoms with Crippen molar-refractivity contribution in [1.82, 2.24) is 10.7 Å². The normalized spacial score (nSPS) is 23.5. The number of fused-ring (bicyclic) bond motifs is 3. The molecule has 2 aromatic rings. The quantitative estimate of drug-likeness (QED) is 0.800. The van der Waals surface area contributed by atoms with Gasteiger partial charge in [0.05, 0.1) is 5.69 Å². The van der Waals surface area contributed by atoms with Crippen molar-refractivity contribution in [3.63, 3.8) is 0 Å². The van der Waals surface area contributed by atoms with Gasteiger partial charge in [0.1, 0.15) is 24.2 Å². The molecule has 2 aromatic carbocycles. The van der Waals surface area contributed by atoms with Crippen molar-refractivity contribution in [2.75, 3.05) is 24.6 Å². The fraction of sp³-hybridized carbons (Fsp3) is 0.391. The summed E-state index contributed by atoms with van der Waals surface area (Å²) in [6, 6.07) is 10.5. The molecule has 6 nitrogen and oxygen atoms in total. The zero-order valence-corrected chi connectivity index (χ0v) is 17.0. The minimum atomic E-state index is -0.386. The molecule has 3 heterocycles. The minimum Gasteiger partial charge on any atom is -0.483 e. The summed E-state index contributed by atoms with van der Waals surface area (Å²) in [6.07, 6.45) is 3.09. The molecule has 0 saturated carbocycles. The van der Waals surface area contributed by atoms with Crippen molar-refractivity contribution in [1.29, 1.82) is 0 Å². The molecule has 2 N–H and O–H groups in total. The van der Waals surface area contributed by atoms with Crippen molar-refractivity contribution < 1.29 is 13.9 Å². The molecule has 1 fully saturated rings. The first-order valence-electron chi connectivity index (χ1n) is 10.6. The van der Waals surface area contributed by atoms with Crippen LogP contribution in [0.3, 0.4) is 0 Å². The highest BCUT2D eigenvalue weighted by Gasteiger charge is 2.36. The Morgan fingerprint density at radius 2 is 2.03 bits per heavy atom. The van der Waals surface area contributed by atoms with Crippen LogP contribution >= 0.6 is 0 Å². The Hall–Kier alpha value is -2.93. The van der Waals surface area contributed by atoms with Gasteiger partial charge in [-0.05, 0) is 74.5 Å². The van der Waals surface area contributed by atoms with E-state index in [-0.39, 0.29) is 24.4 Å². The highest BCUT2D eigenvalue weighted by molar-refractivity contribution is 6.09. The van der Waals surface area contributed by atoms with Gasteiger partial charge in [0.2, 0.25) is 0 Å². The molecule has 1 saturated heterocycles. The third-order valence-corrected chi connectivity index (χ3v) is 6.27. The summed E-state index contributed by atoms with van der Waals surface area (Å²) in [5.74, 6) is 1.25. The van der Waals surface area contributed by atoms with Gasteiger partial charge in [0.15, 0.2) is 5.84 Å². The SMILES string of the molecule is C[C@@H]1C(=O)NN=C2COc3cc(-c4ccccc4F)c([C@@H]4CCCNCC4)cc3N21. The standard InChI is InChI=1S/C23H25FN4O2/c1-14-23(29)27-26-22-13-30-21-12-18(16-6-2-3-7-19(16)24)17(11-20(21)28(14)22)15-5-4-9-25-10-8-15/h2-3,6-7,11-12,14-15,25H,4-5,8-10,13H2,1H3,(H,27,29)/t14-,15-/m1/s1.